The summed E-state index contributed by atoms with van der Waals surface area (Å²) in [5, 5.41) is 7.21. The SMILES string of the molecule is CC1c2ncc(cn2)-c2ccnc(c2)Nc2cccc(c2)CN2CCN(CCNCCN1CC1CC1)CC2. The summed E-state index contributed by atoms with van der Waals surface area (Å²) >= 11 is 0. The molecule has 1 saturated carbocycles. The van der Waals surface area contributed by atoms with Crippen LogP contribution >= 0.6 is 0 Å². The molecule has 2 aromatic heterocycles. The van der Waals surface area contributed by atoms with E-state index in [0.717, 1.165) is 99.8 Å². The lowest BCUT2D eigenvalue weighted by molar-refractivity contribution is 0.127. The molecule has 6 aliphatic rings. The number of hydrogen-bond acceptors (Lipinski definition) is 8. The highest BCUT2D eigenvalue weighted by Gasteiger charge is 2.28. The molecule has 7 heterocycles. The number of nitrogens with one attached hydrogen (secondary N) is 2. The van der Waals surface area contributed by atoms with Gasteiger partial charge in [-0.1, -0.05) is 12.1 Å². The van der Waals surface area contributed by atoms with Crippen LogP contribution < -0.4 is 10.6 Å². The number of rotatable bonds is 2. The van der Waals surface area contributed by atoms with Crippen LogP contribution in [-0.2, 0) is 6.54 Å². The molecule has 2 N–H and O–H groups in total. The second kappa shape index (κ2) is 11.9. The van der Waals surface area contributed by atoms with Gasteiger partial charge in [0.25, 0.3) is 0 Å². The second-order valence-electron chi connectivity index (χ2n) is 11.1. The summed E-state index contributed by atoms with van der Waals surface area (Å²) in [5.74, 6) is 2.56. The van der Waals surface area contributed by atoms with Crippen LogP contribution in [0.5, 0.6) is 0 Å². The summed E-state index contributed by atoms with van der Waals surface area (Å²) in [6.07, 6.45) is 8.47. The summed E-state index contributed by atoms with van der Waals surface area (Å²) in [6, 6.07) is 13.0. The molecular formula is C30H40N8. The van der Waals surface area contributed by atoms with E-state index in [0.29, 0.717) is 0 Å². The maximum absolute atomic E-state index is 4.82. The van der Waals surface area contributed by atoms with Gasteiger partial charge in [-0.25, -0.2) is 15.0 Å². The van der Waals surface area contributed by atoms with Gasteiger partial charge < -0.3 is 10.6 Å². The van der Waals surface area contributed by atoms with Crippen molar-refractivity contribution in [2.24, 2.45) is 5.92 Å². The number of aromatic nitrogens is 3. The summed E-state index contributed by atoms with van der Waals surface area (Å²) in [6.45, 7) is 13.0. The molecule has 38 heavy (non-hydrogen) atoms. The number of pyridine rings is 1. The lowest BCUT2D eigenvalue weighted by atomic mass is 10.1. The minimum Gasteiger partial charge on any atom is -0.340 e. The molecular weight excluding hydrogens is 472 g/mol. The number of benzene rings is 1. The standard InChI is InChI=1S/C30H40N8/c1-23-30-33-19-27(20-34-30)26-7-8-32-29(18-26)35-28-4-2-3-25(17-28)21-37-15-13-36(14-16-37)11-9-31-10-12-38(23)22-24-5-6-24/h2-4,7-8,17-20,23-24,31H,5-6,9-16,21-22H2,1H3,(H,32,35). The number of nitrogens with zero attached hydrogens (tertiary/aromatic N) is 6. The number of piperazine rings is 1. The van der Waals surface area contributed by atoms with Crippen LogP contribution in [0.25, 0.3) is 11.1 Å². The molecule has 8 heteroatoms. The third-order valence-electron chi connectivity index (χ3n) is 8.13. The first-order valence-electron chi connectivity index (χ1n) is 14.2. The van der Waals surface area contributed by atoms with E-state index in [1.807, 2.05) is 24.7 Å². The summed E-state index contributed by atoms with van der Waals surface area (Å²) in [4.78, 5) is 21.9. The van der Waals surface area contributed by atoms with Gasteiger partial charge in [0, 0.05) is 95.3 Å². The highest BCUT2D eigenvalue weighted by molar-refractivity contribution is 5.67. The lowest BCUT2D eigenvalue weighted by Crippen LogP contribution is -2.48. The van der Waals surface area contributed by atoms with Crippen molar-refractivity contribution >= 4 is 11.5 Å². The lowest BCUT2D eigenvalue weighted by Gasteiger charge is -2.35. The van der Waals surface area contributed by atoms with Crippen LogP contribution in [0.3, 0.4) is 0 Å². The second-order valence-corrected chi connectivity index (χ2v) is 11.1. The molecule has 5 aliphatic heterocycles. The number of anilines is 2. The Labute approximate surface area is 226 Å². The van der Waals surface area contributed by atoms with E-state index in [-0.39, 0.29) is 6.04 Å². The Bertz CT molecular complexity index is 1190. The third-order valence-corrected chi connectivity index (χ3v) is 8.13. The zero-order valence-electron chi connectivity index (χ0n) is 22.5. The predicted octanol–water partition coefficient (Wildman–Crippen LogP) is 3.78. The van der Waals surface area contributed by atoms with E-state index in [1.165, 1.54) is 18.4 Å². The van der Waals surface area contributed by atoms with E-state index < -0.39 is 0 Å². The smallest absolute Gasteiger partial charge is 0.145 e. The summed E-state index contributed by atoms with van der Waals surface area (Å²) < 4.78 is 0. The van der Waals surface area contributed by atoms with Crippen LogP contribution in [0.2, 0.25) is 0 Å². The van der Waals surface area contributed by atoms with Crippen molar-refractivity contribution in [2.45, 2.75) is 32.4 Å². The monoisotopic (exact) mass is 512 g/mol. The molecule has 2 fully saturated rings. The van der Waals surface area contributed by atoms with Crippen LogP contribution in [-0.4, -0.2) is 88.6 Å². The van der Waals surface area contributed by atoms with Crippen molar-refractivity contribution in [1.82, 2.24) is 35.0 Å². The molecule has 9 rings (SSSR count). The first kappa shape index (κ1) is 25.4. The Morgan fingerprint density at radius 2 is 1.63 bits per heavy atom. The Morgan fingerprint density at radius 3 is 2.45 bits per heavy atom. The third kappa shape index (κ3) is 6.56. The zero-order chi connectivity index (χ0) is 25.7. The van der Waals surface area contributed by atoms with E-state index >= 15 is 0 Å². The molecule has 0 spiro atoms. The van der Waals surface area contributed by atoms with Crippen LogP contribution in [0.1, 0.15) is 37.2 Å². The molecule has 0 radical (unpaired) electrons. The van der Waals surface area contributed by atoms with Gasteiger partial charge >= 0.3 is 0 Å². The van der Waals surface area contributed by atoms with Gasteiger partial charge in [0.15, 0.2) is 0 Å². The van der Waals surface area contributed by atoms with Gasteiger partial charge in [-0.15, -0.1) is 0 Å². The molecule has 1 atom stereocenters. The molecule has 3 aromatic rings. The normalized spacial score (nSPS) is 25.1. The van der Waals surface area contributed by atoms with Crippen LogP contribution in [0, 0.1) is 5.92 Å². The minimum absolute atomic E-state index is 0.197. The van der Waals surface area contributed by atoms with E-state index in [2.05, 4.69) is 67.6 Å². The van der Waals surface area contributed by atoms with Crippen molar-refractivity contribution in [2.75, 3.05) is 64.2 Å². The highest BCUT2D eigenvalue weighted by atomic mass is 15.3. The fraction of sp³-hybridized carbons (Fsp3) is 0.500. The molecule has 8 bridgehead atoms. The maximum atomic E-state index is 4.82. The van der Waals surface area contributed by atoms with E-state index in [4.69, 9.17) is 9.97 Å². The summed E-state index contributed by atoms with van der Waals surface area (Å²) in [5.41, 5.74) is 4.46. The van der Waals surface area contributed by atoms with Crippen molar-refractivity contribution in [3.63, 3.8) is 0 Å². The topological polar surface area (TPSA) is 72.5 Å². The Morgan fingerprint density at radius 1 is 0.842 bits per heavy atom. The van der Waals surface area contributed by atoms with E-state index in [1.54, 1.807) is 0 Å². The van der Waals surface area contributed by atoms with Crippen molar-refractivity contribution in [3.05, 3.63) is 66.4 Å². The fourth-order valence-corrected chi connectivity index (χ4v) is 5.53. The maximum Gasteiger partial charge on any atom is 0.145 e. The molecule has 1 saturated heterocycles. The molecule has 0 amide bonds. The molecule has 1 unspecified atom stereocenters. The summed E-state index contributed by atoms with van der Waals surface area (Å²) in [7, 11) is 0. The van der Waals surface area contributed by atoms with Gasteiger partial charge in [-0.05, 0) is 61.1 Å². The quantitative estimate of drug-likeness (QED) is 0.538. The first-order chi connectivity index (χ1) is 18.7. The van der Waals surface area contributed by atoms with Gasteiger partial charge in [-0.3, -0.25) is 14.7 Å². The first-order valence-corrected chi connectivity index (χ1v) is 14.2. The molecule has 1 aromatic carbocycles. The Kier molecular flexibility index (Phi) is 7.92. The minimum atomic E-state index is 0.197. The van der Waals surface area contributed by atoms with Crippen LogP contribution in [0.4, 0.5) is 11.5 Å². The predicted molar refractivity (Wildman–Crippen MR) is 152 cm³/mol. The van der Waals surface area contributed by atoms with Gasteiger partial charge in [-0.2, -0.15) is 0 Å². The molecule has 200 valence electrons. The Hall–Kier alpha value is -2.91. The van der Waals surface area contributed by atoms with Crippen molar-refractivity contribution < 1.29 is 0 Å². The van der Waals surface area contributed by atoms with Crippen molar-refractivity contribution in [3.8, 4) is 11.1 Å². The van der Waals surface area contributed by atoms with Gasteiger partial charge in [0.05, 0.1) is 6.04 Å². The van der Waals surface area contributed by atoms with E-state index in [9.17, 15) is 0 Å². The highest BCUT2D eigenvalue weighted by Crippen LogP contribution is 2.32. The van der Waals surface area contributed by atoms with Gasteiger partial charge in [0.1, 0.15) is 11.6 Å². The Balaban J connectivity index is 1.24. The number of hydrogen-bond donors (Lipinski definition) is 2. The zero-order valence-corrected chi connectivity index (χ0v) is 22.5. The average Bonchev–Trinajstić information content (AvgIpc) is 3.77. The fourth-order valence-electron chi connectivity index (χ4n) is 5.53. The average molecular weight is 513 g/mol. The van der Waals surface area contributed by atoms with Crippen LogP contribution in [0.15, 0.2) is 55.0 Å². The van der Waals surface area contributed by atoms with Crippen molar-refractivity contribution in [1.29, 1.82) is 0 Å². The van der Waals surface area contributed by atoms with Gasteiger partial charge in [0.2, 0.25) is 0 Å². The largest absolute Gasteiger partial charge is 0.340 e. The molecule has 1 aliphatic carbocycles. The molecule has 8 nitrogen and oxygen atoms in total.